The highest BCUT2D eigenvalue weighted by Crippen LogP contribution is 2.26. The molecule has 0 aliphatic rings. The number of carbonyl (C=O) groups is 1. The van der Waals surface area contributed by atoms with Crippen LogP contribution in [0, 0.1) is 15.9 Å². The van der Waals surface area contributed by atoms with Crippen LogP contribution in [0.15, 0.2) is 42.5 Å². The van der Waals surface area contributed by atoms with E-state index >= 15 is 0 Å². The number of anilines is 1. The summed E-state index contributed by atoms with van der Waals surface area (Å²) in [5, 5.41) is 13.9. The molecule has 3 N–H and O–H groups in total. The molecular weight excluding hydrogens is 277 g/mol. The number of primary amides is 1. The standard InChI is InChI=1S/C14H12FN3O3/c15-11-4-1-9(2-5-11)8-17-12-6-3-10(14(16)19)7-13(12)18(20)21/h1-7,17H,8H2,(H2,16,19). The Labute approximate surface area is 119 Å². The number of nitro groups is 1. The van der Waals surface area contributed by atoms with Crippen LogP contribution in [0.1, 0.15) is 15.9 Å². The molecule has 21 heavy (non-hydrogen) atoms. The molecule has 0 aliphatic carbocycles. The maximum absolute atomic E-state index is 12.8. The van der Waals surface area contributed by atoms with Crippen molar-refractivity contribution in [2.75, 3.05) is 5.32 Å². The number of nitrogens with two attached hydrogens (primary N) is 1. The van der Waals surface area contributed by atoms with E-state index in [0.29, 0.717) is 0 Å². The molecule has 1 amide bonds. The van der Waals surface area contributed by atoms with Crippen LogP contribution in [0.5, 0.6) is 0 Å². The molecule has 0 spiro atoms. The maximum Gasteiger partial charge on any atom is 0.293 e. The van der Waals surface area contributed by atoms with Crippen molar-refractivity contribution >= 4 is 17.3 Å². The highest BCUT2D eigenvalue weighted by atomic mass is 19.1. The molecule has 7 heteroatoms. The number of amides is 1. The van der Waals surface area contributed by atoms with Gasteiger partial charge in [-0.1, -0.05) is 12.1 Å². The first-order valence-electron chi connectivity index (χ1n) is 6.04. The molecule has 6 nitrogen and oxygen atoms in total. The van der Waals surface area contributed by atoms with Crippen molar-refractivity contribution in [2.45, 2.75) is 6.54 Å². The molecule has 2 aromatic rings. The highest BCUT2D eigenvalue weighted by molar-refractivity contribution is 5.94. The first-order valence-corrected chi connectivity index (χ1v) is 6.04. The lowest BCUT2D eigenvalue weighted by molar-refractivity contribution is -0.384. The molecule has 0 heterocycles. The number of rotatable bonds is 5. The molecule has 2 rings (SSSR count). The second-order valence-electron chi connectivity index (χ2n) is 4.33. The summed E-state index contributed by atoms with van der Waals surface area (Å²) in [6.45, 7) is 0.289. The Morgan fingerprint density at radius 2 is 1.90 bits per heavy atom. The van der Waals surface area contributed by atoms with E-state index in [4.69, 9.17) is 5.73 Å². The minimum atomic E-state index is -0.733. The number of nitro benzene ring substituents is 1. The number of nitrogens with zero attached hydrogens (tertiary/aromatic N) is 1. The van der Waals surface area contributed by atoms with E-state index in [2.05, 4.69) is 5.32 Å². The van der Waals surface area contributed by atoms with Gasteiger partial charge in [-0.25, -0.2) is 4.39 Å². The van der Waals surface area contributed by atoms with E-state index in [1.807, 2.05) is 0 Å². The average molecular weight is 289 g/mol. The fourth-order valence-corrected chi connectivity index (χ4v) is 1.78. The Morgan fingerprint density at radius 3 is 2.48 bits per heavy atom. The first kappa shape index (κ1) is 14.4. The van der Waals surface area contributed by atoms with Crippen molar-refractivity contribution in [3.63, 3.8) is 0 Å². The van der Waals surface area contributed by atoms with E-state index < -0.39 is 10.8 Å². The van der Waals surface area contributed by atoms with Crippen LogP contribution in [0.3, 0.4) is 0 Å². The molecular formula is C14H12FN3O3. The van der Waals surface area contributed by atoms with Crippen LogP contribution >= 0.6 is 0 Å². The zero-order valence-electron chi connectivity index (χ0n) is 10.9. The van der Waals surface area contributed by atoms with Gasteiger partial charge in [0.15, 0.2) is 0 Å². The lowest BCUT2D eigenvalue weighted by Gasteiger charge is -2.08. The summed E-state index contributed by atoms with van der Waals surface area (Å²) in [7, 11) is 0. The maximum atomic E-state index is 12.8. The summed E-state index contributed by atoms with van der Waals surface area (Å²) in [5.41, 5.74) is 5.94. The Morgan fingerprint density at radius 1 is 1.24 bits per heavy atom. The van der Waals surface area contributed by atoms with Gasteiger partial charge in [-0.3, -0.25) is 14.9 Å². The van der Waals surface area contributed by atoms with Crippen molar-refractivity contribution in [1.29, 1.82) is 0 Å². The third-order valence-corrected chi connectivity index (χ3v) is 2.88. The topological polar surface area (TPSA) is 98.3 Å². The second-order valence-corrected chi connectivity index (χ2v) is 4.33. The first-order chi connectivity index (χ1) is 9.97. The number of hydrogen-bond acceptors (Lipinski definition) is 4. The summed E-state index contributed by atoms with van der Waals surface area (Å²) in [4.78, 5) is 21.5. The number of benzene rings is 2. The minimum Gasteiger partial charge on any atom is -0.375 e. The highest BCUT2D eigenvalue weighted by Gasteiger charge is 2.16. The SMILES string of the molecule is NC(=O)c1ccc(NCc2ccc(F)cc2)c([N+](=O)[O-])c1. The van der Waals surface area contributed by atoms with Crippen LogP contribution in [-0.2, 0) is 6.54 Å². The number of nitrogens with one attached hydrogen (secondary N) is 1. The quantitative estimate of drug-likeness (QED) is 0.652. The minimum absolute atomic E-state index is 0.0639. The van der Waals surface area contributed by atoms with Crippen LogP contribution in [0.4, 0.5) is 15.8 Å². The van der Waals surface area contributed by atoms with Gasteiger partial charge in [0, 0.05) is 18.2 Å². The molecule has 0 saturated carbocycles. The van der Waals surface area contributed by atoms with Gasteiger partial charge in [0.05, 0.1) is 4.92 Å². The number of carbonyl (C=O) groups excluding carboxylic acids is 1. The molecule has 0 atom stereocenters. The van der Waals surface area contributed by atoms with E-state index in [9.17, 15) is 19.3 Å². The van der Waals surface area contributed by atoms with Crippen molar-refractivity contribution in [3.8, 4) is 0 Å². The van der Waals surface area contributed by atoms with E-state index in [1.165, 1.54) is 24.3 Å². The van der Waals surface area contributed by atoms with Gasteiger partial charge in [0.1, 0.15) is 11.5 Å². The third-order valence-electron chi connectivity index (χ3n) is 2.88. The molecule has 0 aromatic heterocycles. The lowest BCUT2D eigenvalue weighted by Crippen LogP contribution is -2.12. The largest absolute Gasteiger partial charge is 0.375 e. The molecule has 0 unspecified atom stereocenters. The zero-order valence-corrected chi connectivity index (χ0v) is 10.9. The van der Waals surface area contributed by atoms with Crippen LogP contribution < -0.4 is 11.1 Å². The zero-order chi connectivity index (χ0) is 15.4. The van der Waals surface area contributed by atoms with Gasteiger partial charge in [-0.05, 0) is 29.8 Å². The van der Waals surface area contributed by atoms with Gasteiger partial charge in [-0.2, -0.15) is 0 Å². The fraction of sp³-hybridized carbons (Fsp3) is 0.0714. The van der Waals surface area contributed by atoms with Gasteiger partial charge >= 0.3 is 0 Å². The Bertz CT molecular complexity index is 686. The molecule has 2 aromatic carbocycles. The summed E-state index contributed by atoms with van der Waals surface area (Å²) < 4.78 is 12.8. The average Bonchev–Trinajstić information content (AvgIpc) is 2.46. The van der Waals surface area contributed by atoms with Crippen LogP contribution in [0.25, 0.3) is 0 Å². The van der Waals surface area contributed by atoms with Crippen molar-refractivity contribution in [2.24, 2.45) is 5.73 Å². The fourth-order valence-electron chi connectivity index (χ4n) is 1.78. The molecule has 0 saturated heterocycles. The van der Waals surface area contributed by atoms with Crippen LogP contribution in [0.2, 0.25) is 0 Å². The van der Waals surface area contributed by atoms with E-state index in [-0.39, 0.29) is 29.3 Å². The van der Waals surface area contributed by atoms with Crippen molar-refractivity contribution < 1.29 is 14.1 Å². The monoisotopic (exact) mass is 289 g/mol. The van der Waals surface area contributed by atoms with Gasteiger partial charge in [0.2, 0.25) is 5.91 Å². The van der Waals surface area contributed by atoms with E-state index in [1.54, 1.807) is 12.1 Å². The smallest absolute Gasteiger partial charge is 0.293 e. The molecule has 0 aliphatic heterocycles. The predicted molar refractivity (Wildman–Crippen MR) is 75.3 cm³/mol. The molecule has 108 valence electrons. The van der Waals surface area contributed by atoms with Crippen molar-refractivity contribution in [1.82, 2.24) is 0 Å². The molecule has 0 bridgehead atoms. The predicted octanol–water partition coefficient (Wildman–Crippen LogP) is 2.44. The lowest BCUT2D eigenvalue weighted by atomic mass is 10.1. The number of halogens is 1. The molecule has 0 fully saturated rings. The van der Waals surface area contributed by atoms with Gasteiger partial charge in [-0.15, -0.1) is 0 Å². The van der Waals surface area contributed by atoms with Gasteiger partial charge < -0.3 is 11.1 Å². The molecule has 0 radical (unpaired) electrons. The second kappa shape index (κ2) is 6.00. The summed E-state index contributed by atoms with van der Waals surface area (Å²) >= 11 is 0. The van der Waals surface area contributed by atoms with Crippen LogP contribution in [-0.4, -0.2) is 10.8 Å². The Kier molecular flexibility index (Phi) is 4.13. The summed E-state index contributed by atoms with van der Waals surface area (Å²) in [5.74, 6) is -1.08. The Hall–Kier alpha value is -2.96. The van der Waals surface area contributed by atoms with Gasteiger partial charge in [0.25, 0.3) is 5.69 Å². The Balaban J connectivity index is 2.21. The normalized spacial score (nSPS) is 10.1. The number of hydrogen-bond donors (Lipinski definition) is 2. The summed E-state index contributed by atoms with van der Waals surface area (Å²) in [6, 6.07) is 9.71. The van der Waals surface area contributed by atoms with E-state index in [0.717, 1.165) is 11.6 Å². The summed E-state index contributed by atoms with van der Waals surface area (Å²) in [6.07, 6.45) is 0. The third kappa shape index (κ3) is 3.53. The van der Waals surface area contributed by atoms with Crippen molar-refractivity contribution in [3.05, 3.63) is 69.5 Å².